The van der Waals surface area contributed by atoms with Gasteiger partial charge in [0.25, 0.3) is 0 Å². The van der Waals surface area contributed by atoms with Gasteiger partial charge in [-0.15, -0.1) is 0 Å². The van der Waals surface area contributed by atoms with Gasteiger partial charge in [-0.2, -0.15) is 8.78 Å². The van der Waals surface area contributed by atoms with Crippen molar-refractivity contribution in [1.29, 1.82) is 0 Å². The monoisotopic (exact) mass is 314 g/mol. The standard InChI is InChI=1S/C15H18BF3O3/c1-12(2)13(3,4)22-16(21-12)9-6-7-10-11(8-9)14(5,17)20-15(10,18)19/h6-8H,1-5H3. The van der Waals surface area contributed by atoms with Crippen LogP contribution in [0.2, 0.25) is 0 Å². The lowest BCUT2D eigenvalue weighted by molar-refractivity contribution is -0.319. The van der Waals surface area contributed by atoms with Crippen molar-refractivity contribution in [2.24, 2.45) is 0 Å². The fourth-order valence-corrected chi connectivity index (χ4v) is 2.66. The number of benzene rings is 1. The van der Waals surface area contributed by atoms with E-state index in [1.807, 2.05) is 27.7 Å². The second-order valence-corrected chi connectivity index (χ2v) is 6.93. The highest BCUT2D eigenvalue weighted by molar-refractivity contribution is 6.62. The first-order chi connectivity index (χ1) is 9.86. The zero-order chi connectivity index (χ0) is 16.6. The van der Waals surface area contributed by atoms with E-state index < -0.39 is 35.8 Å². The molecule has 3 nitrogen and oxygen atoms in total. The van der Waals surface area contributed by atoms with Crippen LogP contribution in [0.1, 0.15) is 45.7 Å². The van der Waals surface area contributed by atoms with Crippen molar-refractivity contribution in [3.8, 4) is 0 Å². The summed E-state index contributed by atoms with van der Waals surface area (Å²) in [4.78, 5) is 0. The van der Waals surface area contributed by atoms with Gasteiger partial charge in [-0.3, -0.25) is 4.74 Å². The van der Waals surface area contributed by atoms with Crippen LogP contribution in [0.4, 0.5) is 13.2 Å². The Morgan fingerprint density at radius 1 is 0.864 bits per heavy atom. The Labute approximate surface area is 127 Å². The van der Waals surface area contributed by atoms with Gasteiger partial charge in [0.15, 0.2) is 0 Å². The van der Waals surface area contributed by atoms with Crippen molar-refractivity contribution in [3.05, 3.63) is 29.3 Å². The molecule has 3 rings (SSSR count). The molecule has 1 aromatic carbocycles. The summed E-state index contributed by atoms with van der Waals surface area (Å²) in [6.07, 6.45) is -3.63. The fourth-order valence-electron chi connectivity index (χ4n) is 2.66. The lowest BCUT2D eigenvalue weighted by Crippen LogP contribution is -2.41. The Morgan fingerprint density at radius 3 is 1.95 bits per heavy atom. The third-order valence-corrected chi connectivity index (χ3v) is 4.68. The number of hydrogen-bond donors (Lipinski definition) is 0. The number of alkyl halides is 3. The molecule has 0 aliphatic carbocycles. The molecule has 1 saturated heterocycles. The minimum Gasteiger partial charge on any atom is -0.399 e. The lowest BCUT2D eigenvalue weighted by atomic mass is 9.77. The van der Waals surface area contributed by atoms with E-state index in [-0.39, 0.29) is 5.56 Å². The van der Waals surface area contributed by atoms with Crippen molar-refractivity contribution < 1.29 is 27.2 Å². The van der Waals surface area contributed by atoms with E-state index >= 15 is 0 Å². The van der Waals surface area contributed by atoms with Crippen LogP contribution in [-0.2, 0) is 26.0 Å². The first kappa shape index (κ1) is 15.8. The Balaban J connectivity index is 2.00. The maximum absolute atomic E-state index is 14.3. The first-order valence-electron chi connectivity index (χ1n) is 7.13. The van der Waals surface area contributed by atoms with Gasteiger partial charge in [-0.1, -0.05) is 18.2 Å². The SMILES string of the molecule is CC1(F)OC(F)(F)c2ccc(B3OC(C)(C)C(C)(C)O3)cc21. The van der Waals surface area contributed by atoms with E-state index in [0.717, 1.165) is 6.92 Å². The average Bonchev–Trinajstić information content (AvgIpc) is 2.67. The zero-order valence-electron chi connectivity index (χ0n) is 13.2. The molecule has 0 radical (unpaired) electrons. The summed E-state index contributed by atoms with van der Waals surface area (Å²) in [6, 6.07) is 3.96. The molecule has 0 spiro atoms. The van der Waals surface area contributed by atoms with Gasteiger partial charge in [0.1, 0.15) is 0 Å². The van der Waals surface area contributed by atoms with Gasteiger partial charge in [0.05, 0.1) is 16.8 Å². The Morgan fingerprint density at radius 2 is 1.41 bits per heavy atom. The van der Waals surface area contributed by atoms with Gasteiger partial charge in [-0.25, -0.2) is 4.39 Å². The second kappa shape index (κ2) is 4.27. The van der Waals surface area contributed by atoms with Crippen LogP contribution in [0.3, 0.4) is 0 Å². The molecule has 2 aliphatic heterocycles. The summed E-state index contributed by atoms with van der Waals surface area (Å²) >= 11 is 0. The van der Waals surface area contributed by atoms with Crippen molar-refractivity contribution in [2.45, 2.75) is 57.8 Å². The Kier molecular flexibility index (Phi) is 3.08. The highest BCUT2D eigenvalue weighted by Crippen LogP contribution is 2.49. The Bertz CT molecular complexity index is 612. The van der Waals surface area contributed by atoms with Gasteiger partial charge < -0.3 is 9.31 Å². The van der Waals surface area contributed by atoms with Crippen LogP contribution >= 0.6 is 0 Å². The minimum atomic E-state index is -3.63. The van der Waals surface area contributed by atoms with Crippen molar-refractivity contribution in [1.82, 2.24) is 0 Å². The van der Waals surface area contributed by atoms with E-state index in [1.54, 1.807) is 0 Å². The van der Waals surface area contributed by atoms with Gasteiger partial charge >= 0.3 is 13.2 Å². The summed E-state index contributed by atoms with van der Waals surface area (Å²) < 4.78 is 57.6. The molecule has 2 heterocycles. The number of rotatable bonds is 1. The third-order valence-electron chi connectivity index (χ3n) is 4.68. The predicted octanol–water partition coefficient (Wildman–Crippen LogP) is 3.21. The Hall–Kier alpha value is -1.05. The van der Waals surface area contributed by atoms with Crippen molar-refractivity contribution in [2.75, 3.05) is 0 Å². The first-order valence-corrected chi connectivity index (χ1v) is 7.13. The summed E-state index contributed by atoms with van der Waals surface area (Å²) in [6.45, 7) is 8.52. The molecule has 7 heteroatoms. The lowest BCUT2D eigenvalue weighted by Gasteiger charge is -2.32. The van der Waals surface area contributed by atoms with E-state index in [0.29, 0.717) is 5.46 Å². The van der Waals surface area contributed by atoms with Crippen LogP contribution < -0.4 is 5.46 Å². The van der Waals surface area contributed by atoms with Gasteiger partial charge in [0.2, 0.25) is 5.85 Å². The molecule has 0 N–H and O–H groups in total. The van der Waals surface area contributed by atoms with E-state index in [2.05, 4.69) is 4.74 Å². The molecule has 0 aromatic heterocycles. The summed E-state index contributed by atoms with van der Waals surface area (Å²) in [5.41, 5.74) is -1.28. The maximum Gasteiger partial charge on any atom is 0.494 e. The highest BCUT2D eigenvalue weighted by Gasteiger charge is 2.55. The van der Waals surface area contributed by atoms with E-state index in [4.69, 9.17) is 9.31 Å². The summed E-state index contributed by atoms with van der Waals surface area (Å²) in [5, 5.41) is 0. The molecule has 1 unspecified atom stereocenters. The number of hydrogen-bond acceptors (Lipinski definition) is 3. The molecule has 1 aromatic rings. The molecule has 0 bridgehead atoms. The molecule has 0 saturated carbocycles. The molecule has 22 heavy (non-hydrogen) atoms. The molecule has 2 aliphatic rings. The molecule has 120 valence electrons. The number of ether oxygens (including phenoxy) is 1. The summed E-state index contributed by atoms with van der Waals surface area (Å²) in [7, 11) is -0.736. The molecule has 0 amide bonds. The second-order valence-electron chi connectivity index (χ2n) is 6.93. The smallest absolute Gasteiger partial charge is 0.399 e. The van der Waals surface area contributed by atoms with Crippen LogP contribution in [-0.4, -0.2) is 18.3 Å². The van der Waals surface area contributed by atoms with Crippen LogP contribution in [0.15, 0.2) is 18.2 Å². The molecular formula is C15H18BF3O3. The maximum atomic E-state index is 14.3. The topological polar surface area (TPSA) is 27.7 Å². The van der Waals surface area contributed by atoms with Gasteiger partial charge in [-0.05, 0) is 40.1 Å². The molecule has 1 fully saturated rings. The van der Waals surface area contributed by atoms with Crippen molar-refractivity contribution >= 4 is 12.6 Å². The normalized spacial score (nSPS) is 31.4. The van der Waals surface area contributed by atoms with Gasteiger partial charge in [0, 0.05) is 5.56 Å². The zero-order valence-corrected chi connectivity index (χ0v) is 13.2. The predicted molar refractivity (Wildman–Crippen MR) is 75.6 cm³/mol. The van der Waals surface area contributed by atoms with Crippen molar-refractivity contribution in [3.63, 3.8) is 0 Å². The quantitative estimate of drug-likeness (QED) is 0.745. The third kappa shape index (κ3) is 2.18. The van der Waals surface area contributed by atoms with E-state index in [9.17, 15) is 13.2 Å². The largest absolute Gasteiger partial charge is 0.494 e. The number of fused-ring (bicyclic) bond motifs is 1. The molecule has 1 atom stereocenters. The fraction of sp³-hybridized carbons (Fsp3) is 0.600. The molecular weight excluding hydrogens is 296 g/mol. The average molecular weight is 314 g/mol. The van der Waals surface area contributed by atoms with Crippen LogP contribution in [0.25, 0.3) is 0 Å². The number of halogens is 3. The van der Waals surface area contributed by atoms with Crippen LogP contribution in [0.5, 0.6) is 0 Å². The summed E-state index contributed by atoms with van der Waals surface area (Å²) in [5.74, 6) is -2.54. The minimum absolute atomic E-state index is 0.190. The van der Waals surface area contributed by atoms with E-state index in [1.165, 1.54) is 18.2 Å². The highest BCUT2D eigenvalue weighted by atomic mass is 19.3. The van der Waals surface area contributed by atoms with Crippen LogP contribution in [0, 0.1) is 0 Å².